The summed E-state index contributed by atoms with van der Waals surface area (Å²) in [6.45, 7) is 6.10. The first-order chi connectivity index (χ1) is 7.61. The lowest BCUT2D eigenvalue weighted by Gasteiger charge is -2.08. The van der Waals surface area contributed by atoms with Gasteiger partial charge in [-0.1, -0.05) is 37.6 Å². The predicted octanol–water partition coefficient (Wildman–Crippen LogP) is 3.57. The molecule has 0 spiro atoms. The molecule has 0 fully saturated rings. The molecule has 90 valence electrons. The highest BCUT2D eigenvalue weighted by atomic mass is 35.5. The smallest absolute Gasteiger partial charge is 0.138 e. The van der Waals surface area contributed by atoms with E-state index in [1.54, 1.807) is 6.07 Å². The van der Waals surface area contributed by atoms with Crippen LogP contribution in [0.25, 0.3) is 0 Å². The van der Waals surface area contributed by atoms with Crippen LogP contribution in [-0.4, -0.2) is 11.7 Å². The highest BCUT2D eigenvalue weighted by Gasteiger charge is 2.03. The molecule has 0 bridgehead atoms. The lowest BCUT2D eigenvalue weighted by Crippen LogP contribution is -2.15. The Labute approximate surface area is 103 Å². The summed E-state index contributed by atoms with van der Waals surface area (Å²) in [5, 5.41) is 13.4. The van der Waals surface area contributed by atoms with Crippen molar-refractivity contribution in [3.05, 3.63) is 28.8 Å². The van der Waals surface area contributed by atoms with Gasteiger partial charge in [0, 0.05) is 12.1 Å². The van der Waals surface area contributed by atoms with Crippen LogP contribution >= 0.6 is 11.6 Å². The molecule has 0 saturated heterocycles. The van der Waals surface area contributed by atoms with Crippen molar-refractivity contribution in [2.75, 3.05) is 6.54 Å². The normalized spacial score (nSPS) is 11.0. The second-order valence-electron chi connectivity index (χ2n) is 4.46. The van der Waals surface area contributed by atoms with Crippen LogP contribution < -0.4 is 5.32 Å². The standard InChI is InChI=1S/C13H20ClNO/c1-10(2)5-4-8-15-9-11-6-3-7-12(14)13(11)16/h3,6-7,10,15-16H,4-5,8-9H2,1-2H3. The minimum Gasteiger partial charge on any atom is -0.506 e. The largest absolute Gasteiger partial charge is 0.506 e. The quantitative estimate of drug-likeness (QED) is 0.747. The van der Waals surface area contributed by atoms with Gasteiger partial charge in [-0.25, -0.2) is 0 Å². The Morgan fingerprint density at radius 2 is 2.12 bits per heavy atom. The van der Waals surface area contributed by atoms with E-state index in [1.807, 2.05) is 12.1 Å². The Morgan fingerprint density at radius 3 is 2.81 bits per heavy atom. The summed E-state index contributed by atoms with van der Waals surface area (Å²) in [5.74, 6) is 0.946. The molecule has 1 rings (SSSR count). The van der Waals surface area contributed by atoms with E-state index in [4.69, 9.17) is 11.6 Å². The summed E-state index contributed by atoms with van der Waals surface area (Å²) in [6, 6.07) is 5.43. The molecule has 0 aliphatic rings. The number of hydrogen-bond donors (Lipinski definition) is 2. The maximum atomic E-state index is 9.67. The zero-order chi connectivity index (χ0) is 12.0. The van der Waals surface area contributed by atoms with Crippen LogP contribution in [0.4, 0.5) is 0 Å². The molecular weight excluding hydrogens is 222 g/mol. The number of hydrogen-bond acceptors (Lipinski definition) is 2. The maximum Gasteiger partial charge on any atom is 0.138 e. The minimum atomic E-state index is 0.195. The molecule has 0 aliphatic heterocycles. The third kappa shape index (κ3) is 4.42. The number of aromatic hydroxyl groups is 1. The van der Waals surface area contributed by atoms with Gasteiger partial charge in [0.25, 0.3) is 0 Å². The third-order valence-corrected chi connectivity index (χ3v) is 2.83. The molecule has 16 heavy (non-hydrogen) atoms. The summed E-state index contributed by atoms with van der Waals surface area (Å²) in [5.41, 5.74) is 0.858. The van der Waals surface area contributed by atoms with Gasteiger partial charge in [-0.2, -0.15) is 0 Å². The van der Waals surface area contributed by atoms with Crippen LogP contribution in [0.3, 0.4) is 0 Å². The topological polar surface area (TPSA) is 32.3 Å². The predicted molar refractivity (Wildman–Crippen MR) is 68.9 cm³/mol. The van der Waals surface area contributed by atoms with Crippen LogP contribution in [0.5, 0.6) is 5.75 Å². The average molecular weight is 242 g/mol. The molecule has 0 radical (unpaired) electrons. The van der Waals surface area contributed by atoms with Crippen LogP contribution in [-0.2, 0) is 6.54 Å². The van der Waals surface area contributed by atoms with Crippen molar-refractivity contribution in [2.24, 2.45) is 5.92 Å². The summed E-state index contributed by atoms with van der Waals surface area (Å²) < 4.78 is 0. The van der Waals surface area contributed by atoms with Gasteiger partial charge in [-0.15, -0.1) is 0 Å². The van der Waals surface area contributed by atoms with E-state index in [1.165, 1.54) is 12.8 Å². The summed E-state index contributed by atoms with van der Waals surface area (Å²) in [6.07, 6.45) is 2.40. The number of nitrogens with one attached hydrogen (secondary N) is 1. The van der Waals surface area contributed by atoms with E-state index in [2.05, 4.69) is 19.2 Å². The summed E-state index contributed by atoms with van der Waals surface area (Å²) >= 11 is 5.82. The van der Waals surface area contributed by atoms with Gasteiger partial charge < -0.3 is 10.4 Å². The fourth-order valence-electron chi connectivity index (χ4n) is 1.56. The molecule has 0 atom stereocenters. The van der Waals surface area contributed by atoms with Crippen molar-refractivity contribution in [2.45, 2.75) is 33.2 Å². The highest BCUT2D eigenvalue weighted by molar-refractivity contribution is 6.32. The zero-order valence-electron chi connectivity index (χ0n) is 9.96. The Balaban J connectivity index is 2.29. The van der Waals surface area contributed by atoms with Gasteiger partial charge in [0.05, 0.1) is 5.02 Å². The number of phenolic OH excluding ortho intramolecular Hbond substituents is 1. The second kappa shape index (κ2) is 6.77. The summed E-state index contributed by atoms with van der Waals surface area (Å²) in [7, 11) is 0. The van der Waals surface area contributed by atoms with Crippen molar-refractivity contribution in [1.82, 2.24) is 5.32 Å². The Hall–Kier alpha value is -0.730. The third-order valence-electron chi connectivity index (χ3n) is 2.52. The fourth-order valence-corrected chi connectivity index (χ4v) is 1.76. The molecular formula is C13H20ClNO. The van der Waals surface area contributed by atoms with Crippen LogP contribution in [0, 0.1) is 5.92 Å². The van der Waals surface area contributed by atoms with Crippen molar-refractivity contribution >= 4 is 11.6 Å². The minimum absolute atomic E-state index is 0.195. The van der Waals surface area contributed by atoms with Crippen LogP contribution in [0.15, 0.2) is 18.2 Å². The molecule has 0 heterocycles. The maximum absolute atomic E-state index is 9.67. The van der Waals surface area contributed by atoms with E-state index in [0.29, 0.717) is 11.6 Å². The van der Waals surface area contributed by atoms with E-state index in [9.17, 15) is 5.11 Å². The number of rotatable bonds is 6. The molecule has 0 unspecified atom stereocenters. The van der Waals surface area contributed by atoms with Gasteiger partial charge >= 0.3 is 0 Å². The SMILES string of the molecule is CC(C)CCCNCc1cccc(Cl)c1O. The van der Waals surface area contributed by atoms with Gasteiger partial charge in [0.2, 0.25) is 0 Å². The van der Waals surface area contributed by atoms with Gasteiger partial charge in [0.15, 0.2) is 0 Å². The Morgan fingerprint density at radius 1 is 1.38 bits per heavy atom. The Bertz CT molecular complexity index is 326. The first kappa shape index (κ1) is 13.3. The Kier molecular flexibility index (Phi) is 5.64. The van der Waals surface area contributed by atoms with Gasteiger partial charge in [-0.3, -0.25) is 0 Å². The highest BCUT2D eigenvalue weighted by Crippen LogP contribution is 2.26. The molecule has 2 N–H and O–H groups in total. The van der Waals surface area contributed by atoms with E-state index >= 15 is 0 Å². The number of halogens is 1. The lowest BCUT2D eigenvalue weighted by molar-refractivity contribution is 0.462. The number of phenols is 1. The van der Waals surface area contributed by atoms with Crippen LogP contribution in [0.2, 0.25) is 5.02 Å². The second-order valence-corrected chi connectivity index (χ2v) is 4.87. The molecule has 1 aromatic rings. The first-order valence-corrected chi connectivity index (χ1v) is 6.16. The molecule has 0 aliphatic carbocycles. The van der Waals surface area contributed by atoms with E-state index in [0.717, 1.165) is 18.0 Å². The lowest BCUT2D eigenvalue weighted by atomic mass is 10.1. The molecule has 1 aromatic carbocycles. The average Bonchev–Trinajstić information content (AvgIpc) is 2.23. The van der Waals surface area contributed by atoms with Crippen molar-refractivity contribution in [3.63, 3.8) is 0 Å². The van der Waals surface area contributed by atoms with E-state index < -0.39 is 0 Å². The van der Waals surface area contributed by atoms with Gasteiger partial charge in [0.1, 0.15) is 5.75 Å². The monoisotopic (exact) mass is 241 g/mol. The zero-order valence-corrected chi connectivity index (χ0v) is 10.7. The molecule has 0 aromatic heterocycles. The molecule has 2 nitrogen and oxygen atoms in total. The molecule has 0 saturated carbocycles. The number of benzene rings is 1. The van der Waals surface area contributed by atoms with Gasteiger partial charge in [-0.05, 0) is 31.4 Å². The van der Waals surface area contributed by atoms with Crippen molar-refractivity contribution < 1.29 is 5.11 Å². The molecule has 0 amide bonds. The fraction of sp³-hybridized carbons (Fsp3) is 0.538. The van der Waals surface area contributed by atoms with E-state index in [-0.39, 0.29) is 5.75 Å². The van der Waals surface area contributed by atoms with Crippen molar-refractivity contribution in [1.29, 1.82) is 0 Å². The first-order valence-electron chi connectivity index (χ1n) is 5.78. The van der Waals surface area contributed by atoms with Crippen LogP contribution in [0.1, 0.15) is 32.3 Å². The summed E-state index contributed by atoms with van der Waals surface area (Å²) in [4.78, 5) is 0. The number of para-hydroxylation sites is 1. The van der Waals surface area contributed by atoms with Crippen molar-refractivity contribution in [3.8, 4) is 5.75 Å². The molecule has 3 heteroatoms.